The fraction of sp³-hybridized carbons (Fsp3) is 0.240. The molecule has 32 heavy (non-hydrogen) atoms. The molecule has 1 heterocycles. The lowest BCUT2D eigenvalue weighted by Gasteiger charge is -2.21. The van der Waals surface area contributed by atoms with Crippen molar-refractivity contribution >= 4 is 17.8 Å². The first-order chi connectivity index (χ1) is 15.5. The molecule has 7 heteroatoms. The van der Waals surface area contributed by atoms with E-state index in [4.69, 9.17) is 24.1 Å². The molecule has 0 bridgehead atoms. The third-order valence-electron chi connectivity index (χ3n) is 4.78. The topological polar surface area (TPSA) is 80.3 Å². The molecule has 4 rings (SSSR count). The second-order valence-electron chi connectivity index (χ2n) is 7.41. The molecule has 0 radical (unpaired) electrons. The van der Waals surface area contributed by atoms with Gasteiger partial charge in [-0.25, -0.2) is 0 Å². The normalized spacial score (nSPS) is 11.9. The Labute approximate surface area is 188 Å². The van der Waals surface area contributed by atoms with Crippen LogP contribution in [0.15, 0.2) is 60.7 Å². The van der Waals surface area contributed by atoms with E-state index in [-0.39, 0.29) is 6.47 Å². The number of anilines is 2. The molecule has 3 aromatic carbocycles. The smallest absolute Gasteiger partial charge is 0.290 e. The average molecular weight is 437 g/mol. The first-order valence-electron chi connectivity index (χ1n) is 10.2. The standard InChI is InChI=1S/C24H26N2O3.CH2O2/c1-26(2)16-17-6-4-7-19(14-17)25-21-11-10-18(15-23(21)27-3)20-8-5-9-22-24(20)29-13-12-28-22;2-1-3/h4-11,14-15,25H,12-13,16H2,1-3H3;1H,(H,2,3). The summed E-state index contributed by atoms with van der Waals surface area (Å²) in [6.07, 6.45) is 0. The summed E-state index contributed by atoms with van der Waals surface area (Å²) in [6, 6.07) is 20.5. The minimum absolute atomic E-state index is 0.250. The number of methoxy groups -OCH3 is 1. The van der Waals surface area contributed by atoms with Crippen LogP contribution in [0, 0.1) is 0 Å². The predicted molar refractivity (Wildman–Crippen MR) is 125 cm³/mol. The van der Waals surface area contributed by atoms with Gasteiger partial charge >= 0.3 is 0 Å². The SMILES string of the molecule is COc1cc(-c2cccc3c2OCCO3)ccc1Nc1cccc(CN(C)C)c1.O=CO. The summed E-state index contributed by atoms with van der Waals surface area (Å²) >= 11 is 0. The van der Waals surface area contributed by atoms with E-state index in [2.05, 4.69) is 54.6 Å². The number of hydrogen-bond donors (Lipinski definition) is 2. The maximum atomic E-state index is 8.36. The van der Waals surface area contributed by atoms with E-state index < -0.39 is 0 Å². The molecule has 0 unspecified atom stereocenters. The maximum Gasteiger partial charge on any atom is 0.290 e. The molecule has 0 aromatic heterocycles. The van der Waals surface area contributed by atoms with Crippen molar-refractivity contribution in [2.24, 2.45) is 0 Å². The summed E-state index contributed by atoms with van der Waals surface area (Å²) in [4.78, 5) is 10.5. The molecule has 2 N–H and O–H groups in total. The summed E-state index contributed by atoms with van der Waals surface area (Å²) in [5, 5.41) is 10.4. The third kappa shape index (κ3) is 5.70. The molecule has 3 aromatic rings. The van der Waals surface area contributed by atoms with E-state index in [0.717, 1.165) is 46.3 Å². The summed E-state index contributed by atoms with van der Waals surface area (Å²) in [6.45, 7) is 1.78. The van der Waals surface area contributed by atoms with Crippen molar-refractivity contribution in [1.82, 2.24) is 4.90 Å². The Balaban J connectivity index is 0.000000913. The van der Waals surface area contributed by atoms with Crippen LogP contribution >= 0.6 is 0 Å². The van der Waals surface area contributed by atoms with Crippen molar-refractivity contribution in [1.29, 1.82) is 0 Å². The zero-order valence-corrected chi connectivity index (χ0v) is 18.5. The van der Waals surface area contributed by atoms with Gasteiger partial charge in [-0.05, 0) is 55.6 Å². The fourth-order valence-electron chi connectivity index (χ4n) is 3.53. The van der Waals surface area contributed by atoms with Gasteiger partial charge in [0.05, 0.1) is 12.8 Å². The molecular formula is C25H28N2O5. The molecule has 0 atom stereocenters. The van der Waals surface area contributed by atoms with Crippen molar-refractivity contribution in [3.63, 3.8) is 0 Å². The lowest BCUT2D eigenvalue weighted by atomic mass is 10.0. The van der Waals surface area contributed by atoms with Crippen molar-refractivity contribution in [3.8, 4) is 28.4 Å². The number of ether oxygens (including phenoxy) is 3. The van der Waals surface area contributed by atoms with Gasteiger partial charge < -0.3 is 29.5 Å². The zero-order chi connectivity index (χ0) is 22.9. The van der Waals surface area contributed by atoms with Gasteiger partial charge in [-0.3, -0.25) is 4.79 Å². The van der Waals surface area contributed by atoms with Crippen molar-refractivity contribution < 1.29 is 24.1 Å². The number of carboxylic acid groups (broad SMARTS) is 1. The first kappa shape index (κ1) is 23.0. The maximum absolute atomic E-state index is 8.36. The van der Waals surface area contributed by atoms with E-state index >= 15 is 0 Å². The summed E-state index contributed by atoms with van der Waals surface area (Å²) in [5.41, 5.74) is 5.23. The van der Waals surface area contributed by atoms with Gasteiger partial charge in [-0.2, -0.15) is 0 Å². The third-order valence-corrected chi connectivity index (χ3v) is 4.78. The quantitative estimate of drug-likeness (QED) is 0.545. The van der Waals surface area contributed by atoms with Crippen LogP contribution in [0.4, 0.5) is 11.4 Å². The molecule has 0 saturated carbocycles. The molecule has 1 aliphatic rings. The zero-order valence-electron chi connectivity index (χ0n) is 18.5. The van der Waals surface area contributed by atoms with Crippen LogP contribution in [0.2, 0.25) is 0 Å². The Morgan fingerprint density at radius 2 is 1.81 bits per heavy atom. The lowest BCUT2D eigenvalue weighted by molar-refractivity contribution is -0.122. The van der Waals surface area contributed by atoms with Crippen LogP contribution < -0.4 is 19.5 Å². The van der Waals surface area contributed by atoms with Gasteiger partial charge in [-0.15, -0.1) is 0 Å². The predicted octanol–water partition coefficient (Wildman–Crippen LogP) is 4.64. The highest BCUT2D eigenvalue weighted by Gasteiger charge is 2.17. The minimum atomic E-state index is -0.250. The number of fused-ring (bicyclic) bond motifs is 1. The largest absolute Gasteiger partial charge is 0.495 e. The number of nitrogens with one attached hydrogen (secondary N) is 1. The highest BCUT2D eigenvalue weighted by Crippen LogP contribution is 2.42. The van der Waals surface area contributed by atoms with Crippen molar-refractivity contribution in [2.75, 3.05) is 39.7 Å². The van der Waals surface area contributed by atoms with Gasteiger partial charge in [0, 0.05) is 17.8 Å². The Hall–Kier alpha value is -3.71. The lowest BCUT2D eigenvalue weighted by Crippen LogP contribution is -2.15. The van der Waals surface area contributed by atoms with Crippen molar-refractivity contribution in [3.05, 3.63) is 66.2 Å². The molecular weight excluding hydrogens is 408 g/mol. The number of para-hydroxylation sites is 1. The molecule has 0 spiro atoms. The van der Waals surface area contributed by atoms with E-state index in [1.54, 1.807) is 7.11 Å². The van der Waals surface area contributed by atoms with Crippen LogP contribution in [-0.2, 0) is 11.3 Å². The second kappa shape index (κ2) is 11.1. The fourth-order valence-corrected chi connectivity index (χ4v) is 3.53. The number of rotatable bonds is 6. The summed E-state index contributed by atoms with van der Waals surface area (Å²) < 4.78 is 17.3. The molecule has 0 aliphatic carbocycles. The van der Waals surface area contributed by atoms with E-state index in [1.807, 2.05) is 30.3 Å². The molecule has 7 nitrogen and oxygen atoms in total. The Bertz CT molecular complexity index is 1050. The first-order valence-corrected chi connectivity index (χ1v) is 10.2. The molecule has 0 saturated heterocycles. The monoisotopic (exact) mass is 436 g/mol. The molecule has 0 fully saturated rings. The van der Waals surface area contributed by atoms with Gasteiger partial charge in [0.2, 0.25) is 0 Å². The molecule has 1 aliphatic heterocycles. The minimum Gasteiger partial charge on any atom is -0.495 e. The summed E-state index contributed by atoms with van der Waals surface area (Å²) in [5.74, 6) is 2.35. The van der Waals surface area contributed by atoms with Crippen LogP contribution in [0.25, 0.3) is 11.1 Å². The number of carbonyl (C=O) groups is 1. The van der Waals surface area contributed by atoms with E-state index in [0.29, 0.717) is 13.2 Å². The highest BCUT2D eigenvalue weighted by molar-refractivity contribution is 5.79. The number of hydrogen-bond acceptors (Lipinski definition) is 6. The second-order valence-corrected chi connectivity index (χ2v) is 7.41. The van der Waals surface area contributed by atoms with Gasteiger partial charge in [0.15, 0.2) is 11.5 Å². The highest BCUT2D eigenvalue weighted by atomic mass is 16.6. The Morgan fingerprint density at radius 1 is 1.06 bits per heavy atom. The van der Waals surface area contributed by atoms with Crippen LogP contribution in [0.1, 0.15) is 5.56 Å². The summed E-state index contributed by atoms with van der Waals surface area (Å²) in [7, 11) is 5.82. The van der Waals surface area contributed by atoms with Crippen LogP contribution in [0.5, 0.6) is 17.2 Å². The molecule has 168 valence electrons. The Morgan fingerprint density at radius 3 is 2.56 bits per heavy atom. The van der Waals surface area contributed by atoms with Gasteiger partial charge in [0.1, 0.15) is 19.0 Å². The van der Waals surface area contributed by atoms with E-state index in [1.165, 1.54) is 5.56 Å². The van der Waals surface area contributed by atoms with Gasteiger partial charge in [-0.1, -0.05) is 30.3 Å². The number of nitrogens with zero attached hydrogens (tertiary/aromatic N) is 1. The van der Waals surface area contributed by atoms with Crippen molar-refractivity contribution in [2.45, 2.75) is 6.54 Å². The van der Waals surface area contributed by atoms with E-state index in [9.17, 15) is 0 Å². The van der Waals surface area contributed by atoms with Gasteiger partial charge in [0.25, 0.3) is 6.47 Å². The van der Waals surface area contributed by atoms with Crippen LogP contribution in [0.3, 0.4) is 0 Å². The molecule has 0 amide bonds. The Kier molecular flexibility index (Phi) is 7.94. The number of benzene rings is 3. The van der Waals surface area contributed by atoms with Crippen LogP contribution in [-0.4, -0.2) is 50.9 Å². The average Bonchev–Trinajstić information content (AvgIpc) is 2.79.